The number of hydrogen-bond acceptors (Lipinski definition) is 2. The minimum Gasteiger partial charge on any atom is -0.383 e. The Labute approximate surface area is 93.5 Å². The van der Waals surface area contributed by atoms with Crippen LogP contribution in [0.5, 0.6) is 0 Å². The summed E-state index contributed by atoms with van der Waals surface area (Å²) in [4.78, 5) is 11.7. The largest absolute Gasteiger partial charge is 0.383 e. The van der Waals surface area contributed by atoms with Gasteiger partial charge in [0.1, 0.15) is 5.82 Å². The summed E-state index contributed by atoms with van der Waals surface area (Å²) in [5.41, 5.74) is 10.4. The van der Waals surface area contributed by atoms with Crippen molar-refractivity contribution in [2.45, 2.75) is 20.8 Å². The van der Waals surface area contributed by atoms with Gasteiger partial charge in [0.15, 0.2) is 0 Å². The highest BCUT2D eigenvalue weighted by atomic mass is 16.1. The topological polar surface area (TPSA) is 74.7 Å². The number of nitrogens with one attached hydrogen (secondary N) is 2. The lowest BCUT2D eigenvalue weighted by Crippen LogP contribution is -2.05. The highest BCUT2D eigenvalue weighted by molar-refractivity contribution is 5.78. The number of aromatic amines is 2. The molecule has 0 amide bonds. The first-order valence-corrected chi connectivity index (χ1v) is 5.15. The molecule has 0 aliphatic rings. The summed E-state index contributed by atoms with van der Waals surface area (Å²) in [6.45, 7) is 6.01. The Balaban J connectivity index is 2.79. The fourth-order valence-electron chi connectivity index (χ4n) is 2.19. The van der Waals surface area contributed by atoms with Gasteiger partial charge in [0.05, 0.1) is 5.56 Å². The van der Waals surface area contributed by atoms with Gasteiger partial charge < -0.3 is 5.73 Å². The molecule has 16 heavy (non-hydrogen) atoms. The van der Waals surface area contributed by atoms with Crippen LogP contribution in [0.4, 0.5) is 5.82 Å². The van der Waals surface area contributed by atoms with Crippen molar-refractivity contribution in [3.63, 3.8) is 0 Å². The van der Waals surface area contributed by atoms with E-state index in [4.69, 9.17) is 5.73 Å². The summed E-state index contributed by atoms with van der Waals surface area (Å²) in [6.07, 6.45) is 0. The van der Waals surface area contributed by atoms with Crippen LogP contribution >= 0.6 is 0 Å². The van der Waals surface area contributed by atoms with E-state index in [1.165, 1.54) is 5.56 Å². The predicted molar refractivity (Wildman–Crippen MR) is 65.5 cm³/mol. The summed E-state index contributed by atoms with van der Waals surface area (Å²) in [7, 11) is 0. The van der Waals surface area contributed by atoms with Crippen molar-refractivity contribution in [1.29, 1.82) is 0 Å². The van der Waals surface area contributed by atoms with Gasteiger partial charge in [0.25, 0.3) is 5.56 Å². The van der Waals surface area contributed by atoms with Crippen molar-refractivity contribution in [2.75, 3.05) is 5.73 Å². The van der Waals surface area contributed by atoms with Gasteiger partial charge in [-0.15, -0.1) is 0 Å². The molecule has 0 unspecified atom stereocenters. The number of H-pyrrole nitrogens is 2. The van der Waals surface area contributed by atoms with Crippen LogP contribution in [0, 0.1) is 20.8 Å². The second-order valence-electron chi connectivity index (χ2n) is 4.14. The Morgan fingerprint density at radius 3 is 2.00 bits per heavy atom. The van der Waals surface area contributed by atoms with Gasteiger partial charge in [-0.2, -0.15) is 0 Å². The van der Waals surface area contributed by atoms with Gasteiger partial charge in [-0.25, -0.2) is 0 Å². The smallest absolute Gasteiger partial charge is 0.274 e. The molecule has 0 saturated carbocycles. The molecule has 2 aromatic rings. The maximum Gasteiger partial charge on any atom is 0.274 e. The van der Waals surface area contributed by atoms with Gasteiger partial charge in [-0.1, -0.05) is 17.7 Å². The van der Waals surface area contributed by atoms with Crippen molar-refractivity contribution >= 4 is 5.82 Å². The molecule has 1 aromatic heterocycles. The van der Waals surface area contributed by atoms with E-state index in [2.05, 4.69) is 10.2 Å². The average Bonchev–Trinajstić information content (AvgIpc) is 2.47. The number of nitrogen functional groups attached to an aromatic ring is 1. The van der Waals surface area contributed by atoms with E-state index in [-0.39, 0.29) is 5.56 Å². The predicted octanol–water partition coefficient (Wildman–Crippen LogP) is 1.88. The lowest BCUT2D eigenvalue weighted by atomic mass is 9.95. The Kier molecular flexibility index (Phi) is 2.34. The van der Waals surface area contributed by atoms with Gasteiger partial charge in [0.2, 0.25) is 0 Å². The zero-order valence-corrected chi connectivity index (χ0v) is 9.64. The van der Waals surface area contributed by atoms with E-state index in [9.17, 15) is 4.79 Å². The van der Waals surface area contributed by atoms with Crippen molar-refractivity contribution in [3.8, 4) is 11.1 Å². The minimum absolute atomic E-state index is 0.174. The molecule has 4 N–H and O–H groups in total. The van der Waals surface area contributed by atoms with Crippen LogP contribution in [0.3, 0.4) is 0 Å². The number of anilines is 1. The quantitative estimate of drug-likeness (QED) is 0.682. The van der Waals surface area contributed by atoms with Crippen LogP contribution in [0.25, 0.3) is 11.1 Å². The molecule has 0 fully saturated rings. The fourth-order valence-corrected chi connectivity index (χ4v) is 2.19. The van der Waals surface area contributed by atoms with Crippen LogP contribution < -0.4 is 11.3 Å². The maximum atomic E-state index is 11.7. The van der Waals surface area contributed by atoms with Crippen molar-refractivity contribution in [2.24, 2.45) is 0 Å². The number of aryl methyl sites for hydroxylation is 3. The molecule has 4 heteroatoms. The first kappa shape index (κ1) is 10.5. The summed E-state index contributed by atoms with van der Waals surface area (Å²) in [6, 6.07) is 4.10. The molecule has 0 aliphatic heterocycles. The standard InChI is InChI=1S/C12H15N3O/c1-6-4-7(2)9(8(3)5-6)10-11(13)14-15-12(10)16/h4-5H,1-3H3,(H4,13,14,15,16). The zero-order chi connectivity index (χ0) is 11.9. The number of rotatable bonds is 1. The highest BCUT2D eigenvalue weighted by Gasteiger charge is 2.14. The van der Waals surface area contributed by atoms with Crippen LogP contribution in [0.15, 0.2) is 16.9 Å². The molecule has 4 nitrogen and oxygen atoms in total. The van der Waals surface area contributed by atoms with Crippen LogP contribution in [-0.2, 0) is 0 Å². The fraction of sp³-hybridized carbons (Fsp3) is 0.250. The summed E-state index contributed by atoms with van der Waals surface area (Å²) < 4.78 is 0. The summed E-state index contributed by atoms with van der Waals surface area (Å²) >= 11 is 0. The van der Waals surface area contributed by atoms with Gasteiger partial charge in [0, 0.05) is 0 Å². The molecular weight excluding hydrogens is 202 g/mol. The normalized spacial score (nSPS) is 10.7. The third-order valence-electron chi connectivity index (χ3n) is 2.73. The molecule has 0 radical (unpaired) electrons. The molecule has 0 atom stereocenters. The number of nitrogens with two attached hydrogens (primary N) is 1. The molecule has 1 aromatic carbocycles. The SMILES string of the molecule is Cc1cc(C)c(-c2c(N)[nH][nH]c2=O)c(C)c1. The lowest BCUT2D eigenvalue weighted by Gasteiger charge is -2.09. The van der Waals surface area contributed by atoms with Crippen molar-refractivity contribution in [3.05, 3.63) is 39.2 Å². The van der Waals surface area contributed by atoms with Gasteiger partial charge in [-0.05, 0) is 37.5 Å². The average molecular weight is 217 g/mol. The molecule has 1 heterocycles. The van der Waals surface area contributed by atoms with E-state index in [1.807, 2.05) is 32.9 Å². The summed E-state index contributed by atoms with van der Waals surface area (Å²) in [5, 5.41) is 5.14. The Morgan fingerprint density at radius 1 is 1.00 bits per heavy atom. The lowest BCUT2D eigenvalue weighted by molar-refractivity contribution is 1.06. The molecule has 0 aliphatic carbocycles. The van der Waals surface area contributed by atoms with Gasteiger partial charge >= 0.3 is 0 Å². The van der Waals surface area contributed by atoms with Crippen molar-refractivity contribution in [1.82, 2.24) is 10.2 Å². The molecular formula is C12H15N3O. The van der Waals surface area contributed by atoms with E-state index >= 15 is 0 Å². The monoisotopic (exact) mass is 217 g/mol. The molecule has 84 valence electrons. The van der Waals surface area contributed by atoms with Gasteiger partial charge in [-0.3, -0.25) is 15.0 Å². The second kappa shape index (κ2) is 3.56. The maximum absolute atomic E-state index is 11.7. The van der Waals surface area contributed by atoms with E-state index in [1.54, 1.807) is 0 Å². The van der Waals surface area contributed by atoms with Crippen molar-refractivity contribution < 1.29 is 0 Å². The number of benzene rings is 1. The van der Waals surface area contributed by atoms with Crippen LogP contribution in [0.1, 0.15) is 16.7 Å². The zero-order valence-electron chi connectivity index (χ0n) is 9.64. The Morgan fingerprint density at radius 2 is 1.56 bits per heavy atom. The molecule has 0 saturated heterocycles. The van der Waals surface area contributed by atoms with E-state index in [0.717, 1.165) is 16.7 Å². The molecule has 2 rings (SSSR count). The highest BCUT2D eigenvalue weighted by Crippen LogP contribution is 2.28. The third-order valence-corrected chi connectivity index (χ3v) is 2.73. The van der Waals surface area contributed by atoms with E-state index in [0.29, 0.717) is 11.4 Å². The molecule has 0 spiro atoms. The Hall–Kier alpha value is -1.97. The van der Waals surface area contributed by atoms with Crippen LogP contribution in [0.2, 0.25) is 0 Å². The number of aromatic nitrogens is 2. The van der Waals surface area contributed by atoms with Crippen LogP contribution in [-0.4, -0.2) is 10.2 Å². The Bertz CT molecular complexity index is 570. The van der Waals surface area contributed by atoms with E-state index < -0.39 is 0 Å². The third kappa shape index (κ3) is 1.52. The second-order valence-corrected chi connectivity index (χ2v) is 4.14. The minimum atomic E-state index is -0.174. The number of hydrogen-bond donors (Lipinski definition) is 3. The summed E-state index contributed by atoms with van der Waals surface area (Å²) in [5.74, 6) is 0.389. The molecule has 0 bridgehead atoms. The first-order chi connectivity index (χ1) is 7.50. The first-order valence-electron chi connectivity index (χ1n) is 5.15.